The van der Waals surface area contributed by atoms with Gasteiger partial charge in [0.25, 0.3) is 0 Å². The average molecular weight is 302 g/mol. The average Bonchev–Trinajstić information content (AvgIpc) is 2.52. The molecule has 112 valence electrons. The number of rotatable bonds is 7. The van der Waals surface area contributed by atoms with Gasteiger partial charge in [0.2, 0.25) is 0 Å². The van der Waals surface area contributed by atoms with E-state index in [1.807, 2.05) is 39.0 Å². The lowest BCUT2D eigenvalue weighted by atomic mass is 10.1. The van der Waals surface area contributed by atoms with Crippen molar-refractivity contribution in [3.05, 3.63) is 42.1 Å². The number of benzene rings is 1. The second-order valence-electron chi connectivity index (χ2n) is 4.43. The smallest absolute Gasteiger partial charge is 0.312 e. The van der Waals surface area contributed by atoms with Crippen molar-refractivity contribution in [2.45, 2.75) is 20.8 Å². The van der Waals surface area contributed by atoms with Crippen molar-refractivity contribution in [3.63, 3.8) is 0 Å². The summed E-state index contributed by atoms with van der Waals surface area (Å²) in [5, 5.41) is 0.868. The third kappa shape index (κ3) is 3.64. The molecule has 2 rings (SSSR count). The summed E-state index contributed by atoms with van der Waals surface area (Å²) in [5.74, 6) is 0.829. The molecule has 3 nitrogen and oxygen atoms in total. The Labute approximate surface area is 128 Å². The molecule has 0 unspecified atom stereocenters. The minimum atomic E-state index is -1.28. The second-order valence-corrected chi connectivity index (χ2v) is 6.24. The molecule has 0 bridgehead atoms. The maximum Gasteiger partial charge on any atom is 0.312 e. The Balaban J connectivity index is 2.57. The van der Waals surface area contributed by atoms with E-state index in [-0.39, 0.29) is 0 Å². The van der Waals surface area contributed by atoms with E-state index in [9.17, 15) is 0 Å². The highest BCUT2D eigenvalue weighted by atomic mass is 28.3. The van der Waals surface area contributed by atoms with Gasteiger partial charge in [-0.25, -0.2) is 0 Å². The monoisotopic (exact) mass is 302 g/mol. The first kappa shape index (κ1) is 15.6. The van der Waals surface area contributed by atoms with E-state index < -0.39 is 8.64 Å². The third-order valence-corrected chi connectivity index (χ3v) is 4.93. The van der Waals surface area contributed by atoms with Crippen molar-refractivity contribution in [3.8, 4) is 22.2 Å². The summed E-state index contributed by atoms with van der Waals surface area (Å²) in [6.07, 6.45) is 0. The van der Waals surface area contributed by atoms with Gasteiger partial charge in [0.15, 0.2) is 11.1 Å². The van der Waals surface area contributed by atoms with Crippen LogP contribution >= 0.6 is 0 Å². The Morgan fingerprint density at radius 2 is 1.57 bits per heavy atom. The van der Waals surface area contributed by atoms with Crippen LogP contribution in [-0.2, 0) is 0 Å². The normalized spacial score (nSPS) is 10.2. The van der Waals surface area contributed by atoms with Crippen LogP contribution in [0.4, 0.5) is 0 Å². The van der Waals surface area contributed by atoms with E-state index in [1.165, 1.54) is 0 Å². The predicted molar refractivity (Wildman–Crippen MR) is 87.3 cm³/mol. The Kier molecular flexibility index (Phi) is 5.81. The first-order valence-corrected chi connectivity index (χ1v) is 8.91. The second kappa shape index (κ2) is 7.83. The van der Waals surface area contributed by atoms with Gasteiger partial charge in [-0.05, 0) is 32.0 Å². The summed E-state index contributed by atoms with van der Waals surface area (Å²) in [5.41, 5.74) is 4.32. The van der Waals surface area contributed by atoms with E-state index in [4.69, 9.17) is 13.9 Å². The highest BCUT2D eigenvalue weighted by molar-refractivity contribution is 6.50. The zero-order chi connectivity index (χ0) is 15.1. The van der Waals surface area contributed by atoms with E-state index >= 15 is 0 Å². The maximum atomic E-state index is 5.90. The minimum absolute atomic E-state index is 0.608. The van der Waals surface area contributed by atoms with E-state index in [2.05, 4.69) is 23.9 Å². The van der Waals surface area contributed by atoms with Crippen LogP contribution in [0.5, 0.6) is 11.1 Å². The van der Waals surface area contributed by atoms with Crippen LogP contribution in [0.1, 0.15) is 20.8 Å². The van der Waals surface area contributed by atoms with Gasteiger partial charge in [-0.2, -0.15) is 0 Å². The van der Waals surface area contributed by atoms with Crippen molar-refractivity contribution in [2.24, 2.45) is 0 Å². The van der Waals surface area contributed by atoms with Crippen LogP contribution in [0.3, 0.4) is 0 Å². The van der Waals surface area contributed by atoms with Gasteiger partial charge in [0, 0.05) is 5.56 Å². The molecule has 0 fully saturated rings. The van der Waals surface area contributed by atoms with Gasteiger partial charge in [-0.15, -0.1) is 0 Å². The Morgan fingerprint density at radius 1 is 0.857 bits per heavy atom. The fraction of sp³-hybridized carbons (Fsp3) is 0.353. The van der Waals surface area contributed by atoms with Crippen LogP contribution < -0.4 is 13.9 Å². The van der Waals surface area contributed by atoms with Gasteiger partial charge in [0.05, 0.1) is 19.8 Å². The molecule has 0 aliphatic carbocycles. The lowest BCUT2D eigenvalue weighted by Crippen LogP contribution is -2.17. The summed E-state index contributed by atoms with van der Waals surface area (Å²) in [6.45, 7) is 7.88. The van der Waals surface area contributed by atoms with Crippen molar-refractivity contribution < 1.29 is 13.9 Å². The van der Waals surface area contributed by atoms with Crippen molar-refractivity contribution >= 4 is 8.64 Å². The molecule has 0 atom stereocenters. The largest absolute Gasteiger partial charge is 0.546 e. The molecule has 2 aromatic rings. The lowest BCUT2D eigenvalue weighted by Gasteiger charge is -2.18. The van der Waals surface area contributed by atoms with Gasteiger partial charge in [-0.1, -0.05) is 36.4 Å². The standard InChI is InChI=1S/C17H22O3Si/c1-4-18-16-15(14-10-8-7-9-11-14)12-13-21(20-6-3)17(16)19-5-2/h7-13H,4-6H2,1-3H3. The SMILES string of the molecule is CCOc1c(-c2ccccc2)cc[si](OCC)c1OCC. The lowest BCUT2D eigenvalue weighted by molar-refractivity contribution is 0.288. The molecule has 0 radical (unpaired) electrons. The molecule has 0 saturated carbocycles. The number of hydrogen-bond donors (Lipinski definition) is 0. The molecule has 0 saturated heterocycles. The van der Waals surface area contributed by atoms with E-state index in [0.717, 1.165) is 22.2 Å². The topological polar surface area (TPSA) is 27.7 Å². The first-order valence-electron chi connectivity index (χ1n) is 7.42. The predicted octanol–water partition coefficient (Wildman–Crippen LogP) is 3.63. The zero-order valence-electron chi connectivity index (χ0n) is 12.9. The summed E-state index contributed by atoms with van der Waals surface area (Å²) in [7, 11) is -1.28. The Bertz CT molecular complexity index is 570. The van der Waals surface area contributed by atoms with Crippen molar-refractivity contribution in [1.29, 1.82) is 0 Å². The summed E-state index contributed by atoms with van der Waals surface area (Å²) in [6, 6.07) is 12.3. The van der Waals surface area contributed by atoms with Gasteiger partial charge in [0.1, 0.15) is 0 Å². The quantitative estimate of drug-likeness (QED) is 0.731. The van der Waals surface area contributed by atoms with Crippen LogP contribution in [0.2, 0.25) is 0 Å². The molecule has 0 spiro atoms. The molecular formula is C17H22O3Si. The van der Waals surface area contributed by atoms with E-state index in [0.29, 0.717) is 19.8 Å². The molecule has 1 heterocycles. The highest BCUT2D eigenvalue weighted by Crippen LogP contribution is 2.37. The molecule has 21 heavy (non-hydrogen) atoms. The van der Waals surface area contributed by atoms with Crippen LogP contribution in [-0.4, -0.2) is 28.5 Å². The van der Waals surface area contributed by atoms with Gasteiger partial charge >= 0.3 is 8.64 Å². The van der Waals surface area contributed by atoms with Crippen LogP contribution in [0.25, 0.3) is 11.1 Å². The summed E-state index contributed by atoms with van der Waals surface area (Å²) >= 11 is 0. The fourth-order valence-electron chi connectivity index (χ4n) is 2.23. The number of ether oxygens (including phenoxy) is 2. The van der Waals surface area contributed by atoms with Crippen LogP contribution in [0, 0.1) is 0 Å². The minimum Gasteiger partial charge on any atom is -0.546 e. The van der Waals surface area contributed by atoms with Gasteiger partial charge < -0.3 is 13.9 Å². The molecule has 4 heteroatoms. The molecule has 0 aliphatic heterocycles. The van der Waals surface area contributed by atoms with Gasteiger partial charge in [-0.3, -0.25) is 0 Å². The molecule has 0 aliphatic rings. The Morgan fingerprint density at radius 3 is 2.19 bits per heavy atom. The fourth-order valence-corrected chi connectivity index (χ4v) is 3.95. The summed E-state index contributed by atoms with van der Waals surface area (Å²) in [4.78, 5) is 0. The van der Waals surface area contributed by atoms with Crippen molar-refractivity contribution in [2.75, 3.05) is 19.8 Å². The molecule has 1 aromatic heterocycles. The first-order chi connectivity index (χ1) is 10.3. The molecule has 1 aromatic carbocycles. The zero-order valence-corrected chi connectivity index (χ0v) is 13.9. The maximum absolute atomic E-state index is 5.90. The third-order valence-electron chi connectivity index (χ3n) is 3.04. The molecule has 0 amide bonds. The molecular weight excluding hydrogens is 280 g/mol. The molecule has 0 N–H and O–H groups in total. The van der Waals surface area contributed by atoms with E-state index in [1.54, 1.807) is 0 Å². The Hall–Kier alpha value is -1.81. The highest BCUT2D eigenvalue weighted by Gasteiger charge is 2.19. The van der Waals surface area contributed by atoms with Crippen molar-refractivity contribution in [1.82, 2.24) is 0 Å². The van der Waals surface area contributed by atoms with Crippen LogP contribution in [0.15, 0.2) is 42.1 Å². The number of hydrogen-bond acceptors (Lipinski definition) is 3. The summed E-state index contributed by atoms with van der Waals surface area (Å²) < 4.78 is 17.6.